The van der Waals surface area contributed by atoms with Crippen molar-refractivity contribution < 1.29 is 9.21 Å². The molecule has 84 valence electrons. The quantitative estimate of drug-likeness (QED) is 0.890. The Morgan fingerprint density at radius 3 is 2.80 bits per heavy atom. The van der Waals surface area contributed by atoms with Crippen LogP contribution in [0.2, 0.25) is 5.22 Å². The predicted molar refractivity (Wildman–Crippen MR) is 63.6 cm³/mol. The van der Waals surface area contributed by atoms with Crippen LogP contribution in [-0.4, -0.2) is 23.5 Å². The summed E-state index contributed by atoms with van der Waals surface area (Å²) in [5.41, 5.74) is 0.383. The molecule has 0 saturated carbocycles. The molecule has 0 bridgehead atoms. The summed E-state index contributed by atoms with van der Waals surface area (Å²) in [5, 5.41) is 2.95. The van der Waals surface area contributed by atoms with E-state index in [1.807, 2.05) is 6.26 Å². The highest BCUT2D eigenvalue weighted by Crippen LogP contribution is 2.20. The van der Waals surface area contributed by atoms with Crippen LogP contribution in [0, 0.1) is 0 Å². The lowest BCUT2D eigenvalue weighted by Gasteiger charge is -2.21. The van der Waals surface area contributed by atoms with E-state index in [4.69, 9.17) is 16.0 Å². The van der Waals surface area contributed by atoms with Crippen molar-refractivity contribution in [1.82, 2.24) is 5.32 Å². The lowest BCUT2D eigenvalue weighted by Crippen LogP contribution is -2.35. The highest BCUT2D eigenvalue weighted by molar-refractivity contribution is 7.99. The van der Waals surface area contributed by atoms with Gasteiger partial charge in [0.2, 0.25) is 5.22 Å². The maximum atomic E-state index is 11.6. The van der Waals surface area contributed by atoms with Crippen molar-refractivity contribution in [3.63, 3.8) is 0 Å². The van der Waals surface area contributed by atoms with E-state index in [9.17, 15) is 4.79 Å². The van der Waals surface area contributed by atoms with Crippen LogP contribution in [0.5, 0.6) is 0 Å². The van der Waals surface area contributed by atoms with Crippen LogP contribution in [0.4, 0.5) is 0 Å². The third-order valence-electron chi connectivity index (χ3n) is 2.09. The molecule has 0 unspecified atom stereocenters. The lowest BCUT2D eigenvalue weighted by atomic mass is 10.2. The highest BCUT2D eigenvalue weighted by Gasteiger charge is 2.19. The number of carbonyl (C=O) groups excluding carboxylic acids is 1. The Bertz CT molecular complexity index is 349. The summed E-state index contributed by atoms with van der Waals surface area (Å²) in [4.78, 5) is 11.6. The van der Waals surface area contributed by atoms with Crippen molar-refractivity contribution in [2.24, 2.45) is 0 Å². The van der Waals surface area contributed by atoms with Gasteiger partial charge in [-0.1, -0.05) is 0 Å². The van der Waals surface area contributed by atoms with Gasteiger partial charge in [0.25, 0.3) is 5.91 Å². The van der Waals surface area contributed by atoms with Crippen LogP contribution >= 0.6 is 23.4 Å². The maximum Gasteiger partial charge on any atom is 0.256 e. The highest BCUT2D eigenvalue weighted by atomic mass is 35.5. The minimum Gasteiger partial charge on any atom is -0.452 e. The number of hydrogen-bond acceptors (Lipinski definition) is 3. The molecule has 0 atom stereocenters. The number of carbonyl (C=O) groups is 1. The van der Waals surface area contributed by atoms with Crippen molar-refractivity contribution in [2.45, 2.75) is 18.6 Å². The van der Waals surface area contributed by atoms with Crippen molar-refractivity contribution in [3.8, 4) is 0 Å². The van der Waals surface area contributed by atoms with Crippen molar-refractivity contribution in [2.75, 3.05) is 12.8 Å². The summed E-state index contributed by atoms with van der Waals surface area (Å²) in [7, 11) is 0. The molecule has 1 heterocycles. The number of thioether (sulfide) groups is 1. The van der Waals surface area contributed by atoms with Gasteiger partial charge in [0, 0.05) is 11.3 Å². The van der Waals surface area contributed by atoms with E-state index >= 15 is 0 Å². The molecule has 0 fully saturated rings. The van der Waals surface area contributed by atoms with Gasteiger partial charge in [-0.25, -0.2) is 0 Å². The van der Waals surface area contributed by atoms with E-state index in [0.29, 0.717) is 12.1 Å². The van der Waals surface area contributed by atoms with E-state index < -0.39 is 0 Å². The first kappa shape index (κ1) is 12.5. The molecule has 0 radical (unpaired) electrons. The largest absolute Gasteiger partial charge is 0.452 e. The van der Waals surface area contributed by atoms with Gasteiger partial charge in [-0.2, -0.15) is 11.8 Å². The number of furan rings is 1. The molecule has 1 aromatic rings. The maximum absolute atomic E-state index is 11.6. The van der Waals surface area contributed by atoms with Crippen LogP contribution in [-0.2, 0) is 0 Å². The van der Waals surface area contributed by atoms with Gasteiger partial charge in [-0.3, -0.25) is 4.79 Å². The molecule has 1 aromatic heterocycles. The molecule has 0 spiro atoms. The molecule has 0 saturated heterocycles. The second-order valence-corrected chi connectivity index (χ2v) is 5.61. The van der Waals surface area contributed by atoms with E-state index in [2.05, 4.69) is 19.2 Å². The van der Waals surface area contributed by atoms with Gasteiger partial charge in [0.1, 0.15) is 0 Å². The van der Waals surface area contributed by atoms with Crippen LogP contribution in [0.15, 0.2) is 16.7 Å². The second kappa shape index (κ2) is 4.94. The molecule has 15 heavy (non-hydrogen) atoms. The Balaban J connectivity index is 2.55. The number of nitrogens with one attached hydrogen (secondary N) is 1. The fraction of sp³-hybridized carbons (Fsp3) is 0.500. The van der Waals surface area contributed by atoms with E-state index in [0.717, 1.165) is 0 Å². The Morgan fingerprint density at radius 2 is 2.33 bits per heavy atom. The smallest absolute Gasteiger partial charge is 0.256 e. The number of rotatable bonds is 4. The van der Waals surface area contributed by atoms with Gasteiger partial charge >= 0.3 is 0 Å². The van der Waals surface area contributed by atoms with Crippen LogP contribution in [0.3, 0.4) is 0 Å². The minimum atomic E-state index is -0.198. The summed E-state index contributed by atoms with van der Waals surface area (Å²) in [6, 6.07) is 1.56. The van der Waals surface area contributed by atoms with Crippen molar-refractivity contribution in [3.05, 3.63) is 23.1 Å². The first-order valence-corrected chi connectivity index (χ1v) is 6.13. The summed E-state index contributed by atoms with van der Waals surface area (Å²) >= 11 is 7.39. The number of amides is 1. The van der Waals surface area contributed by atoms with Crippen molar-refractivity contribution in [1.29, 1.82) is 0 Å². The Hall–Kier alpha value is -0.610. The van der Waals surface area contributed by atoms with Crippen LogP contribution in [0.1, 0.15) is 24.2 Å². The second-order valence-electron chi connectivity index (χ2n) is 3.75. The Morgan fingerprint density at radius 1 is 1.67 bits per heavy atom. The molecule has 5 heteroatoms. The van der Waals surface area contributed by atoms with E-state index in [1.54, 1.807) is 17.8 Å². The normalized spacial score (nSPS) is 11.5. The predicted octanol–water partition coefficient (Wildman–Crippen LogP) is 2.80. The molecule has 0 aliphatic rings. The number of halogens is 1. The monoisotopic (exact) mass is 247 g/mol. The molecular formula is C10H14ClNO2S. The first-order chi connectivity index (χ1) is 6.96. The zero-order valence-electron chi connectivity index (χ0n) is 8.96. The Kier molecular flexibility index (Phi) is 4.11. The van der Waals surface area contributed by atoms with E-state index in [1.165, 1.54) is 6.26 Å². The minimum absolute atomic E-state index is 0.0197. The fourth-order valence-electron chi connectivity index (χ4n) is 0.916. The molecule has 1 N–H and O–H groups in total. The Labute approximate surface area is 98.6 Å². The molecule has 0 aliphatic heterocycles. The third-order valence-corrected chi connectivity index (χ3v) is 3.63. The van der Waals surface area contributed by atoms with Crippen molar-refractivity contribution >= 4 is 29.3 Å². The third kappa shape index (κ3) is 3.47. The SMILES string of the molecule is CSC(C)(C)CNC(=O)c1ccoc1Cl. The fourth-order valence-corrected chi connectivity index (χ4v) is 1.33. The lowest BCUT2D eigenvalue weighted by molar-refractivity contribution is 0.0950. The molecule has 3 nitrogen and oxygen atoms in total. The van der Waals surface area contributed by atoms with Crippen LogP contribution in [0.25, 0.3) is 0 Å². The molecule has 1 amide bonds. The topological polar surface area (TPSA) is 42.2 Å². The van der Waals surface area contributed by atoms with Gasteiger partial charge in [0.05, 0.1) is 11.8 Å². The summed E-state index contributed by atoms with van der Waals surface area (Å²) < 4.78 is 4.86. The van der Waals surface area contributed by atoms with E-state index in [-0.39, 0.29) is 15.9 Å². The molecular weight excluding hydrogens is 234 g/mol. The average Bonchev–Trinajstić information content (AvgIpc) is 2.61. The summed E-state index contributed by atoms with van der Waals surface area (Å²) in [6.07, 6.45) is 3.41. The van der Waals surface area contributed by atoms with Gasteiger partial charge in [0.15, 0.2) is 0 Å². The van der Waals surface area contributed by atoms with Gasteiger partial charge in [-0.15, -0.1) is 0 Å². The number of hydrogen-bond donors (Lipinski definition) is 1. The summed E-state index contributed by atoms with van der Waals surface area (Å²) in [5.74, 6) is -0.198. The zero-order chi connectivity index (χ0) is 11.5. The van der Waals surface area contributed by atoms with Gasteiger partial charge in [-0.05, 0) is 37.8 Å². The first-order valence-electron chi connectivity index (χ1n) is 4.52. The average molecular weight is 248 g/mol. The zero-order valence-corrected chi connectivity index (χ0v) is 10.5. The molecule has 0 aromatic carbocycles. The van der Waals surface area contributed by atoms with Crippen LogP contribution < -0.4 is 5.32 Å². The summed E-state index contributed by atoms with van der Waals surface area (Å²) in [6.45, 7) is 4.72. The standard InChI is InChI=1S/C10H14ClNO2S/c1-10(2,15-3)6-12-9(13)7-4-5-14-8(7)11/h4-5H,6H2,1-3H3,(H,12,13). The van der Waals surface area contributed by atoms with Gasteiger partial charge < -0.3 is 9.73 Å². The molecule has 1 rings (SSSR count). The molecule has 0 aliphatic carbocycles.